The van der Waals surface area contributed by atoms with Gasteiger partial charge in [0.25, 0.3) is 0 Å². The largest absolute Gasteiger partial charge is 0.491 e. The Morgan fingerprint density at radius 3 is 2.61 bits per heavy atom. The highest BCUT2D eigenvalue weighted by Crippen LogP contribution is 2.27. The molecule has 170 valence electrons. The molecule has 9 heteroatoms. The van der Waals surface area contributed by atoms with Crippen LogP contribution in [0.4, 0.5) is 5.69 Å². The van der Waals surface area contributed by atoms with Crippen molar-refractivity contribution in [2.24, 2.45) is 0 Å². The van der Waals surface area contributed by atoms with E-state index in [4.69, 9.17) is 4.74 Å². The Bertz CT molecular complexity index is 854. The van der Waals surface area contributed by atoms with Gasteiger partial charge in [-0.3, -0.25) is 20.3 Å². The fourth-order valence-electron chi connectivity index (χ4n) is 4.63. The number of piperidine rings is 1. The molecule has 0 bridgehead atoms. The minimum atomic E-state index is -0.127. The van der Waals surface area contributed by atoms with Crippen LogP contribution in [0.3, 0.4) is 0 Å². The van der Waals surface area contributed by atoms with Crippen LogP contribution in [0.25, 0.3) is 0 Å². The van der Waals surface area contributed by atoms with Crippen molar-refractivity contribution in [1.29, 1.82) is 0 Å². The number of piperazine rings is 1. The van der Waals surface area contributed by atoms with E-state index < -0.39 is 0 Å². The average molecular weight is 450 g/mol. The zero-order valence-electron chi connectivity index (χ0n) is 17.6. The maximum absolute atomic E-state index is 12.1. The number of fused-ring (bicyclic) bond motifs is 3. The van der Waals surface area contributed by atoms with Crippen LogP contribution < -0.4 is 20.3 Å². The van der Waals surface area contributed by atoms with Gasteiger partial charge in [-0.05, 0) is 12.1 Å². The number of nitrogens with zero attached hydrogens (tertiary/aromatic N) is 3. The first-order valence-corrected chi connectivity index (χ1v) is 10.6. The van der Waals surface area contributed by atoms with Gasteiger partial charge in [-0.1, -0.05) is 18.2 Å². The van der Waals surface area contributed by atoms with Crippen LogP contribution in [0, 0.1) is 0 Å². The fraction of sp³-hybridized carbons (Fsp3) is 0.500. The molecule has 1 aromatic heterocycles. The third kappa shape index (κ3) is 5.05. The molecule has 0 saturated carbocycles. The normalized spacial score (nSPS) is 23.2. The van der Waals surface area contributed by atoms with Crippen LogP contribution in [0.15, 0.2) is 42.6 Å². The summed E-state index contributed by atoms with van der Waals surface area (Å²) in [5.41, 5.74) is 2.48. The summed E-state index contributed by atoms with van der Waals surface area (Å²) in [6, 6.07) is 12.6. The molecular weight excluding hydrogens is 418 g/mol. The molecule has 8 nitrogen and oxygen atoms in total. The Balaban J connectivity index is 0.00000136. The Kier molecular flexibility index (Phi) is 7.96. The number of halogens is 1. The van der Waals surface area contributed by atoms with Gasteiger partial charge < -0.3 is 19.7 Å². The van der Waals surface area contributed by atoms with Gasteiger partial charge >= 0.3 is 0 Å². The molecule has 2 atom stereocenters. The molecule has 4 N–H and O–H groups in total. The second-order valence-corrected chi connectivity index (χ2v) is 8.06. The van der Waals surface area contributed by atoms with E-state index in [1.807, 2.05) is 6.20 Å². The summed E-state index contributed by atoms with van der Waals surface area (Å²) in [7, 11) is 0. The maximum atomic E-state index is 12.1. The molecule has 4 heterocycles. The molecule has 3 aliphatic heterocycles. The number of para-hydroxylation sites is 1. The molecule has 1 aromatic carbocycles. The molecule has 0 amide bonds. The second-order valence-electron chi connectivity index (χ2n) is 8.06. The summed E-state index contributed by atoms with van der Waals surface area (Å²) in [4.78, 5) is 17.1. The fourth-order valence-corrected chi connectivity index (χ4v) is 4.63. The number of rotatable bonds is 5. The van der Waals surface area contributed by atoms with Gasteiger partial charge in [-0.2, -0.15) is 0 Å². The minimum absolute atomic E-state index is 0. The summed E-state index contributed by atoms with van der Waals surface area (Å²) in [5.74, 6) is 1.19. The Morgan fingerprint density at radius 2 is 1.84 bits per heavy atom. The van der Waals surface area contributed by atoms with Crippen LogP contribution in [0.2, 0.25) is 0 Å². The number of ether oxygens (including phenoxy) is 1. The Hall–Kier alpha value is -2.10. The molecule has 2 unspecified atom stereocenters. The topological polar surface area (TPSA) is 93.3 Å². The van der Waals surface area contributed by atoms with Gasteiger partial charge in [0.1, 0.15) is 24.6 Å². The van der Waals surface area contributed by atoms with Crippen LogP contribution in [0.1, 0.15) is 18.3 Å². The predicted octanol–water partition coefficient (Wildman–Crippen LogP) is 0.819. The summed E-state index contributed by atoms with van der Waals surface area (Å²) in [5, 5.41) is 6.82. The SMILES string of the molecule is Cl.O.O=C1CCNC2C1NCc1cc(OCCN3CCN(c4ccccc4)CC3)cn12. The van der Waals surface area contributed by atoms with Crippen molar-refractivity contribution >= 4 is 23.9 Å². The van der Waals surface area contributed by atoms with E-state index in [-0.39, 0.29) is 30.1 Å². The van der Waals surface area contributed by atoms with Gasteiger partial charge in [-0.25, -0.2) is 0 Å². The smallest absolute Gasteiger partial charge is 0.154 e. The van der Waals surface area contributed by atoms with Gasteiger partial charge in [-0.15, -0.1) is 12.4 Å². The summed E-state index contributed by atoms with van der Waals surface area (Å²) in [6.07, 6.45) is 2.65. The number of Topliss-reactive ketones (excluding diaryl/α,β-unsaturated/α-hetero) is 1. The molecule has 0 aliphatic carbocycles. The molecule has 31 heavy (non-hydrogen) atoms. The third-order valence-electron chi connectivity index (χ3n) is 6.27. The number of nitrogens with one attached hydrogen (secondary N) is 2. The maximum Gasteiger partial charge on any atom is 0.154 e. The first-order valence-electron chi connectivity index (χ1n) is 10.6. The van der Waals surface area contributed by atoms with Crippen molar-refractivity contribution in [2.75, 3.05) is 50.8 Å². The van der Waals surface area contributed by atoms with Crippen molar-refractivity contribution in [1.82, 2.24) is 20.1 Å². The number of carbonyl (C=O) groups is 1. The van der Waals surface area contributed by atoms with E-state index in [2.05, 4.69) is 61.4 Å². The summed E-state index contributed by atoms with van der Waals surface area (Å²) in [6.45, 7) is 7.29. The van der Waals surface area contributed by atoms with Crippen LogP contribution in [0.5, 0.6) is 5.75 Å². The molecule has 3 aliphatic rings. The standard InChI is InChI=1S/C22H29N5O2.ClH.H2O/c28-20-6-7-23-22-21(20)24-15-18-14-19(16-27(18)22)29-13-12-25-8-10-26(11-9-25)17-4-2-1-3-5-17;;/h1-5,14,16,21-24H,6-13,15H2;1H;1H2. The first kappa shape index (κ1) is 23.6. The quantitative estimate of drug-likeness (QED) is 0.702. The number of benzene rings is 1. The highest BCUT2D eigenvalue weighted by atomic mass is 35.5. The molecule has 5 rings (SSSR count). The van der Waals surface area contributed by atoms with E-state index in [0.717, 1.165) is 45.0 Å². The highest BCUT2D eigenvalue weighted by Gasteiger charge is 2.36. The molecule has 2 saturated heterocycles. The van der Waals surface area contributed by atoms with Crippen molar-refractivity contribution < 1.29 is 15.0 Å². The number of carbonyl (C=O) groups excluding carboxylic acids is 1. The average Bonchev–Trinajstić information content (AvgIpc) is 3.19. The zero-order valence-corrected chi connectivity index (χ0v) is 18.4. The summed E-state index contributed by atoms with van der Waals surface area (Å²) >= 11 is 0. The Labute approximate surface area is 189 Å². The van der Waals surface area contributed by atoms with E-state index in [9.17, 15) is 4.79 Å². The lowest BCUT2D eigenvalue weighted by molar-refractivity contribution is -0.124. The van der Waals surface area contributed by atoms with E-state index in [0.29, 0.717) is 25.4 Å². The molecular formula is C22H32ClN5O3. The van der Waals surface area contributed by atoms with E-state index in [1.165, 1.54) is 11.4 Å². The zero-order chi connectivity index (χ0) is 19.6. The molecule has 2 fully saturated rings. The second kappa shape index (κ2) is 10.5. The number of ketones is 1. The number of hydrogen-bond acceptors (Lipinski definition) is 6. The lowest BCUT2D eigenvalue weighted by Gasteiger charge is -2.37. The molecule has 0 spiro atoms. The molecule has 0 radical (unpaired) electrons. The monoisotopic (exact) mass is 449 g/mol. The van der Waals surface area contributed by atoms with Crippen molar-refractivity contribution in [3.05, 3.63) is 48.3 Å². The van der Waals surface area contributed by atoms with Crippen molar-refractivity contribution in [3.8, 4) is 5.75 Å². The first-order chi connectivity index (χ1) is 14.3. The van der Waals surface area contributed by atoms with Crippen LogP contribution in [-0.4, -0.2) is 72.6 Å². The van der Waals surface area contributed by atoms with Crippen molar-refractivity contribution in [3.63, 3.8) is 0 Å². The van der Waals surface area contributed by atoms with E-state index >= 15 is 0 Å². The third-order valence-corrected chi connectivity index (χ3v) is 6.27. The van der Waals surface area contributed by atoms with Crippen molar-refractivity contribution in [2.45, 2.75) is 25.2 Å². The number of hydrogen-bond donors (Lipinski definition) is 2. The van der Waals surface area contributed by atoms with Gasteiger partial charge in [0.2, 0.25) is 0 Å². The van der Waals surface area contributed by atoms with Crippen LogP contribution in [-0.2, 0) is 11.3 Å². The Morgan fingerprint density at radius 1 is 1.06 bits per heavy atom. The number of anilines is 1. The van der Waals surface area contributed by atoms with Gasteiger partial charge in [0.05, 0.1) is 0 Å². The highest BCUT2D eigenvalue weighted by molar-refractivity contribution is 5.86. The lowest BCUT2D eigenvalue weighted by Crippen LogP contribution is -2.56. The van der Waals surface area contributed by atoms with Crippen LogP contribution >= 0.6 is 12.4 Å². The van der Waals surface area contributed by atoms with Gasteiger partial charge in [0, 0.05) is 75.9 Å². The molecule has 2 aromatic rings. The summed E-state index contributed by atoms with van der Waals surface area (Å²) < 4.78 is 8.24. The lowest BCUT2D eigenvalue weighted by atomic mass is 10.0. The van der Waals surface area contributed by atoms with E-state index in [1.54, 1.807) is 0 Å². The van der Waals surface area contributed by atoms with Gasteiger partial charge in [0.15, 0.2) is 5.78 Å². The predicted molar refractivity (Wildman–Crippen MR) is 123 cm³/mol. The minimum Gasteiger partial charge on any atom is -0.491 e. The number of aromatic nitrogens is 1.